The number of rotatable bonds is 3. The number of aromatic nitrogens is 2. The Labute approximate surface area is 164 Å². The lowest BCUT2D eigenvalue weighted by Crippen LogP contribution is -2.39. The molecule has 2 aromatic rings. The first-order chi connectivity index (χ1) is 13.2. The Kier molecular flexibility index (Phi) is 5.31. The van der Waals surface area contributed by atoms with Gasteiger partial charge in [-0.25, -0.2) is 4.79 Å². The molecule has 1 aliphatic heterocycles. The van der Waals surface area contributed by atoms with Gasteiger partial charge >= 0.3 is 6.09 Å². The minimum atomic E-state index is -0.565. The van der Waals surface area contributed by atoms with Crippen LogP contribution in [0.15, 0.2) is 24.3 Å². The van der Waals surface area contributed by atoms with Crippen molar-refractivity contribution in [3.8, 4) is 5.75 Å². The van der Waals surface area contributed by atoms with Crippen LogP contribution in [0.4, 0.5) is 10.6 Å². The summed E-state index contributed by atoms with van der Waals surface area (Å²) < 4.78 is 11.8. The molecule has 1 aromatic carbocycles. The number of anilines is 1. The molecule has 1 aliphatic rings. The molecule has 28 heavy (non-hydrogen) atoms. The molecule has 3 rings (SSSR count). The molecule has 0 bridgehead atoms. The molecule has 0 atom stereocenters. The van der Waals surface area contributed by atoms with Crippen molar-refractivity contribution in [3.63, 3.8) is 0 Å². The molecule has 1 aromatic heterocycles. The first kappa shape index (κ1) is 19.7. The third-order valence-corrected chi connectivity index (χ3v) is 4.48. The second kappa shape index (κ2) is 7.53. The van der Waals surface area contributed by atoms with E-state index < -0.39 is 11.7 Å². The molecular weight excluding hydrogens is 360 g/mol. The van der Waals surface area contributed by atoms with Crippen LogP contribution >= 0.6 is 0 Å². The Bertz CT molecular complexity index is 881. The van der Waals surface area contributed by atoms with Gasteiger partial charge in [-0.3, -0.25) is 4.79 Å². The highest BCUT2D eigenvalue weighted by Gasteiger charge is 2.30. The summed E-state index contributed by atoms with van der Waals surface area (Å²) in [5.41, 5.74) is 7.91. The molecular formula is C20H26N4O4. The number of hydrogen-bond acceptors (Lipinski definition) is 6. The zero-order chi connectivity index (χ0) is 20.5. The van der Waals surface area contributed by atoms with E-state index >= 15 is 0 Å². The second-order valence-corrected chi connectivity index (χ2v) is 7.79. The van der Waals surface area contributed by atoms with Crippen molar-refractivity contribution in [2.24, 2.45) is 0 Å². The van der Waals surface area contributed by atoms with Gasteiger partial charge in [-0.1, -0.05) is 12.1 Å². The minimum Gasteiger partial charge on any atom is -0.497 e. The van der Waals surface area contributed by atoms with E-state index in [-0.39, 0.29) is 18.9 Å². The lowest BCUT2D eigenvalue weighted by molar-refractivity contribution is 0.0221. The third kappa shape index (κ3) is 4.27. The molecule has 150 valence electrons. The molecule has 0 saturated heterocycles. The predicted octanol–water partition coefficient (Wildman–Crippen LogP) is 2.65. The van der Waals surface area contributed by atoms with Crippen LogP contribution in [-0.4, -0.2) is 45.9 Å². The Morgan fingerprint density at radius 1 is 1.21 bits per heavy atom. The molecule has 2 N–H and O–H groups in total. The van der Waals surface area contributed by atoms with Gasteiger partial charge in [-0.15, -0.1) is 0 Å². The summed E-state index contributed by atoms with van der Waals surface area (Å²) >= 11 is 0. The van der Waals surface area contributed by atoms with Crippen LogP contribution in [0.25, 0.3) is 0 Å². The van der Waals surface area contributed by atoms with Crippen LogP contribution in [0.5, 0.6) is 5.75 Å². The van der Waals surface area contributed by atoms with E-state index in [9.17, 15) is 9.59 Å². The van der Waals surface area contributed by atoms with E-state index in [1.54, 1.807) is 24.1 Å². The number of ether oxygens (including phenoxy) is 2. The van der Waals surface area contributed by atoms with E-state index in [1.807, 2.05) is 32.9 Å². The summed E-state index contributed by atoms with van der Waals surface area (Å²) in [6.07, 6.45) is 0.316. The van der Waals surface area contributed by atoms with Crippen LogP contribution < -0.4 is 10.5 Å². The molecule has 1 amide bonds. The fourth-order valence-electron chi connectivity index (χ4n) is 3.08. The number of nitrogens with two attached hydrogens (primary N) is 1. The van der Waals surface area contributed by atoms with Gasteiger partial charge in [0.15, 0.2) is 0 Å². The fourth-order valence-corrected chi connectivity index (χ4v) is 3.08. The molecule has 0 aliphatic carbocycles. The molecule has 0 spiro atoms. The zero-order valence-electron chi connectivity index (χ0n) is 16.7. The van der Waals surface area contributed by atoms with Gasteiger partial charge in [0, 0.05) is 12.1 Å². The average molecular weight is 386 g/mol. The highest BCUT2D eigenvalue weighted by molar-refractivity contribution is 5.84. The van der Waals surface area contributed by atoms with Crippen molar-refractivity contribution >= 4 is 17.8 Å². The van der Waals surface area contributed by atoms with Crippen molar-refractivity contribution < 1.29 is 19.1 Å². The average Bonchev–Trinajstić information content (AvgIpc) is 2.97. The Morgan fingerprint density at radius 3 is 2.50 bits per heavy atom. The minimum absolute atomic E-state index is 0.171. The predicted molar refractivity (Wildman–Crippen MR) is 104 cm³/mol. The summed E-state index contributed by atoms with van der Waals surface area (Å²) in [5.74, 6) is 0.853. The summed E-state index contributed by atoms with van der Waals surface area (Å²) in [4.78, 5) is 26.6. The number of methoxy groups -OCH3 is 1. The van der Waals surface area contributed by atoms with Gasteiger partial charge in [0.05, 0.1) is 25.8 Å². The van der Waals surface area contributed by atoms with Crippen LogP contribution in [0.1, 0.15) is 42.4 Å². The number of benzene rings is 1. The van der Waals surface area contributed by atoms with Gasteiger partial charge in [0.1, 0.15) is 17.2 Å². The normalized spacial score (nSPS) is 13.8. The van der Waals surface area contributed by atoms with E-state index in [4.69, 9.17) is 15.2 Å². The van der Waals surface area contributed by atoms with E-state index in [0.29, 0.717) is 24.5 Å². The van der Waals surface area contributed by atoms with Crippen LogP contribution in [0.3, 0.4) is 0 Å². The lowest BCUT2D eigenvalue weighted by Gasteiger charge is -2.29. The van der Waals surface area contributed by atoms with Crippen molar-refractivity contribution in [1.29, 1.82) is 0 Å². The van der Waals surface area contributed by atoms with Gasteiger partial charge in [-0.05, 0) is 44.9 Å². The Hall–Kier alpha value is -3.03. The fraction of sp³-hybridized carbons (Fsp3) is 0.450. The van der Waals surface area contributed by atoms with Crippen molar-refractivity contribution in [2.45, 2.75) is 45.8 Å². The zero-order valence-corrected chi connectivity index (χ0v) is 16.7. The SMILES string of the molecule is COc1ccc(CC(=O)n2nc3c(c2N)CCN(C(=O)OC(C)(C)C)C3)cc1. The number of carbonyl (C=O) groups is 2. The number of hydrogen-bond donors (Lipinski definition) is 1. The maximum absolute atomic E-state index is 12.7. The van der Waals surface area contributed by atoms with Gasteiger partial charge in [0.25, 0.3) is 5.91 Å². The van der Waals surface area contributed by atoms with Gasteiger partial charge < -0.3 is 20.1 Å². The topological polar surface area (TPSA) is 99.7 Å². The third-order valence-electron chi connectivity index (χ3n) is 4.48. The lowest BCUT2D eigenvalue weighted by atomic mass is 10.1. The van der Waals surface area contributed by atoms with Crippen LogP contribution in [0.2, 0.25) is 0 Å². The number of nitrogens with zero attached hydrogens (tertiary/aromatic N) is 3. The second-order valence-electron chi connectivity index (χ2n) is 7.79. The van der Waals surface area contributed by atoms with Crippen LogP contribution in [-0.2, 0) is 24.1 Å². The number of fused-ring (bicyclic) bond motifs is 1. The Balaban J connectivity index is 1.73. The van der Waals surface area contributed by atoms with Gasteiger partial charge in [0.2, 0.25) is 0 Å². The maximum Gasteiger partial charge on any atom is 0.410 e. The molecule has 0 radical (unpaired) electrons. The van der Waals surface area contributed by atoms with Crippen molar-refractivity contribution in [2.75, 3.05) is 19.4 Å². The quantitative estimate of drug-likeness (QED) is 0.870. The van der Waals surface area contributed by atoms with E-state index in [1.165, 1.54) is 4.68 Å². The first-order valence-corrected chi connectivity index (χ1v) is 9.18. The number of nitrogen functional groups attached to an aromatic ring is 1. The first-order valence-electron chi connectivity index (χ1n) is 9.18. The monoisotopic (exact) mass is 386 g/mol. The highest BCUT2D eigenvalue weighted by Crippen LogP contribution is 2.25. The summed E-state index contributed by atoms with van der Waals surface area (Å²) in [6.45, 7) is 6.22. The summed E-state index contributed by atoms with van der Waals surface area (Å²) in [5, 5.41) is 4.38. The Morgan fingerprint density at radius 2 is 1.89 bits per heavy atom. The molecule has 2 heterocycles. The highest BCUT2D eigenvalue weighted by atomic mass is 16.6. The summed E-state index contributed by atoms with van der Waals surface area (Å²) in [7, 11) is 1.59. The smallest absolute Gasteiger partial charge is 0.410 e. The van der Waals surface area contributed by atoms with Gasteiger partial charge in [-0.2, -0.15) is 9.78 Å². The number of carbonyl (C=O) groups excluding carboxylic acids is 2. The largest absolute Gasteiger partial charge is 0.497 e. The van der Waals surface area contributed by atoms with Crippen LogP contribution in [0, 0.1) is 0 Å². The molecule has 0 unspecified atom stereocenters. The molecule has 0 fully saturated rings. The van der Waals surface area contributed by atoms with E-state index in [2.05, 4.69) is 5.10 Å². The van der Waals surface area contributed by atoms with Crippen molar-refractivity contribution in [3.05, 3.63) is 41.1 Å². The molecule has 8 heteroatoms. The molecule has 0 saturated carbocycles. The standard InChI is InChI=1S/C20H26N4O4/c1-20(2,3)28-19(26)23-10-9-15-16(12-23)22-24(18(15)21)17(25)11-13-5-7-14(27-4)8-6-13/h5-8H,9-12,21H2,1-4H3. The summed E-state index contributed by atoms with van der Waals surface area (Å²) in [6, 6.07) is 7.28. The number of amides is 1. The van der Waals surface area contributed by atoms with E-state index in [0.717, 1.165) is 16.9 Å². The van der Waals surface area contributed by atoms with Crippen molar-refractivity contribution in [1.82, 2.24) is 14.7 Å². The maximum atomic E-state index is 12.7. The molecule has 8 nitrogen and oxygen atoms in total.